The summed E-state index contributed by atoms with van der Waals surface area (Å²) < 4.78 is 37.8. The van der Waals surface area contributed by atoms with Gasteiger partial charge in [0.2, 0.25) is 5.69 Å². The van der Waals surface area contributed by atoms with E-state index in [2.05, 4.69) is 137 Å². The van der Waals surface area contributed by atoms with Crippen LogP contribution in [0.2, 0.25) is 0 Å². The van der Waals surface area contributed by atoms with Gasteiger partial charge in [-0.2, -0.15) is 12.1 Å². The Labute approximate surface area is 353 Å². The molecule has 1 aliphatic heterocycles. The van der Waals surface area contributed by atoms with Gasteiger partial charge in [0.05, 0.1) is 0 Å². The molecule has 0 aliphatic carbocycles. The van der Waals surface area contributed by atoms with Gasteiger partial charge in [-0.15, -0.1) is 23.6 Å². The summed E-state index contributed by atoms with van der Waals surface area (Å²) in [5.74, 6) is 1.80. The number of pyridine rings is 1. The maximum absolute atomic E-state index is 8.44. The fourth-order valence-corrected chi connectivity index (χ4v) is 7.42. The maximum Gasteiger partial charge on any atom is 2.00 e. The predicted molar refractivity (Wildman–Crippen MR) is 231 cm³/mol. The van der Waals surface area contributed by atoms with E-state index >= 15 is 0 Å². The summed E-state index contributed by atoms with van der Waals surface area (Å²) in [6, 6.07) is 55.0. The predicted octanol–water partition coefficient (Wildman–Crippen LogP) is 13.0. The zero-order valence-electron chi connectivity index (χ0n) is 35.8. The third-order valence-corrected chi connectivity index (χ3v) is 10.5. The summed E-state index contributed by atoms with van der Waals surface area (Å²) in [4.78, 5) is 4.87. The molecule has 0 N–H and O–H groups in total. The van der Waals surface area contributed by atoms with Crippen molar-refractivity contribution in [3.8, 4) is 28.4 Å². The minimum Gasteiger partial charge on any atom is -0.509 e. The van der Waals surface area contributed by atoms with Crippen molar-refractivity contribution in [2.45, 2.75) is 59.2 Å². The molecule has 1 aliphatic rings. The Balaban J connectivity index is 0.00000499. The molecule has 0 atom stereocenters. The SMILES string of the molecule is [2H]C([2H])([2H])c1cccc2c1[N+](c1cccc(C(C)(C)C)c1)=C=[N+]2c1[c-]c(Oc2[c-]c3c(cc2)c2cc(-c4ccccc4)ccc2n3-c2cc(C(C)(C)C)ccn2)ccc1.[Pt+2]. The van der Waals surface area contributed by atoms with Crippen molar-refractivity contribution in [2.24, 2.45) is 0 Å². The Bertz CT molecular complexity index is 3020. The smallest absolute Gasteiger partial charge is 0.509 e. The van der Waals surface area contributed by atoms with E-state index in [4.69, 9.17) is 13.8 Å². The number of nitrogens with zero attached hydrogens (tertiary/aromatic N) is 4. The maximum atomic E-state index is 8.44. The van der Waals surface area contributed by atoms with Crippen LogP contribution in [0.5, 0.6) is 11.5 Å². The number of rotatable bonds is 6. The van der Waals surface area contributed by atoms with Gasteiger partial charge in [-0.25, -0.2) is 4.98 Å². The standard InChI is InChI=1S/C51H44N4O.Pt/c1-34-14-11-21-46-49(34)54(39-18-12-17-37(29-39)50(2,3)4)33-53(46)40-19-13-20-41(31-40)56-42-23-24-43-44-28-36(35-15-9-8-10-16-35)22-25-45(44)55(47(43)32-42)48-30-38(26-27-52-48)51(5,6)7;/h8-30H,1-7H3;/q;+2/i1D3;. The Morgan fingerprint density at radius 2 is 1.42 bits per heavy atom. The molecule has 0 bridgehead atoms. The minimum atomic E-state index is -2.35. The summed E-state index contributed by atoms with van der Waals surface area (Å²) in [5, 5.41) is 2.12. The van der Waals surface area contributed by atoms with Gasteiger partial charge in [-0.1, -0.05) is 130 Å². The second-order valence-corrected chi connectivity index (χ2v) is 16.4. The van der Waals surface area contributed by atoms with Crippen LogP contribution in [0, 0.1) is 19.0 Å². The monoisotopic (exact) mass is 926 g/mol. The van der Waals surface area contributed by atoms with Crippen LogP contribution in [0.25, 0.3) is 38.8 Å². The normalized spacial score (nSPS) is 13.6. The van der Waals surface area contributed by atoms with Crippen LogP contribution in [0.15, 0.2) is 140 Å². The zero-order valence-corrected chi connectivity index (χ0v) is 35.1. The van der Waals surface area contributed by atoms with E-state index in [1.54, 1.807) is 12.1 Å². The van der Waals surface area contributed by atoms with Crippen molar-refractivity contribution in [1.82, 2.24) is 18.7 Å². The Kier molecular flexibility index (Phi) is 8.79. The second-order valence-electron chi connectivity index (χ2n) is 16.4. The van der Waals surface area contributed by atoms with Gasteiger partial charge >= 0.3 is 32.8 Å². The van der Waals surface area contributed by atoms with Crippen LogP contribution >= 0.6 is 0 Å². The summed E-state index contributed by atoms with van der Waals surface area (Å²) in [6.45, 7) is 10.8. The molecule has 8 aromatic rings. The molecule has 0 amide bonds. The van der Waals surface area contributed by atoms with Crippen molar-refractivity contribution in [1.29, 1.82) is 0 Å². The number of hydrogen-bond donors (Lipinski definition) is 0. The van der Waals surface area contributed by atoms with Gasteiger partial charge in [0, 0.05) is 51.1 Å². The molecule has 9 rings (SSSR count). The Hall–Kier alpha value is -5.86. The first-order chi connectivity index (χ1) is 28.1. The number of hydrogen-bond acceptors (Lipinski definition) is 2. The van der Waals surface area contributed by atoms with E-state index < -0.39 is 6.85 Å². The number of aromatic nitrogens is 2. The number of benzene rings is 6. The van der Waals surface area contributed by atoms with E-state index in [1.165, 1.54) is 5.56 Å². The third kappa shape index (κ3) is 7.08. The van der Waals surface area contributed by atoms with E-state index in [-0.39, 0.29) is 37.5 Å². The summed E-state index contributed by atoms with van der Waals surface area (Å²) in [6.07, 6.45) is 1.88. The molecule has 5 nitrogen and oxygen atoms in total. The molecule has 2 aromatic heterocycles. The van der Waals surface area contributed by atoms with Gasteiger partial charge in [-0.3, -0.25) is 0 Å². The fourth-order valence-electron chi connectivity index (χ4n) is 7.42. The molecule has 0 radical (unpaired) electrons. The number of para-hydroxylation sites is 1. The van der Waals surface area contributed by atoms with Crippen LogP contribution in [0.3, 0.4) is 0 Å². The molecule has 0 fully saturated rings. The molecule has 0 saturated carbocycles. The quantitative estimate of drug-likeness (QED) is 0.123. The van der Waals surface area contributed by atoms with Crippen LogP contribution in [-0.4, -0.2) is 15.6 Å². The van der Waals surface area contributed by atoms with Crippen molar-refractivity contribution in [2.75, 3.05) is 0 Å². The first kappa shape index (κ1) is 34.4. The summed E-state index contributed by atoms with van der Waals surface area (Å²) >= 11 is 0. The Morgan fingerprint density at radius 3 is 2.21 bits per heavy atom. The molecule has 57 heavy (non-hydrogen) atoms. The minimum absolute atomic E-state index is 0. The number of ether oxygens (including phenoxy) is 1. The van der Waals surface area contributed by atoms with Gasteiger partial charge < -0.3 is 9.30 Å². The second kappa shape index (κ2) is 14.6. The van der Waals surface area contributed by atoms with E-state index in [0.29, 0.717) is 28.6 Å². The van der Waals surface area contributed by atoms with Gasteiger partial charge in [0.1, 0.15) is 11.5 Å². The van der Waals surface area contributed by atoms with Crippen molar-refractivity contribution in [3.63, 3.8) is 0 Å². The van der Waals surface area contributed by atoms with Gasteiger partial charge in [-0.05, 0) is 68.1 Å². The molecule has 0 unspecified atom stereocenters. The van der Waals surface area contributed by atoms with Crippen molar-refractivity contribution in [3.05, 3.63) is 168 Å². The molecular weight excluding hydrogens is 880 g/mol. The summed E-state index contributed by atoms with van der Waals surface area (Å²) in [7, 11) is 0. The molecule has 0 spiro atoms. The van der Waals surface area contributed by atoms with E-state index in [0.717, 1.165) is 50.0 Å². The van der Waals surface area contributed by atoms with Crippen molar-refractivity contribution < 1.29 is 29.9 Å². The van der Waals surface area contributed by atoms with Crippen molar-refractivity contribution >= 4 is 50.6 Å². The average molecular weight is 927 g/mol. The topological polar surface area (TPSA) is 33.1 Å². The molecule has 3 heterocycles. The first-order valence-corrected chi connectivity index (χ1v) is 19.0. The number of fused-ring (bicyclic) bond motifs is 4. The average Bonchev–Trinajstić information content (AvgIpc) is 3.76. The van der Waals surface area contributed by atoms with Crippen LogP contribution in [-0.2, 0) is 31.9 Å². The molecule has 0 saturated heterocycles. The molecule has 6 heteroatoms. The van der Waals surface area contributed by atoms with Crippen LogP contribution in [0.1, 0.15) is 62.3 Å². The Morgan fingerprint density at radius 1 is 0.667 bits per heavy atom. The zero-order chi connectivity index (χ0) is 41.3. The van der Waals surface area contributed by atoms with E-state index in [1.807, 2.05) is 63.9 Å². The fraction of sp³-hybridized carbons (Fsp3) is 0.176. The van der Waals surface area contributed by atoms with Gasteiger partial charge in [0.15, 0.2) is 0 Å². The van der Waals surface area contributed by atoms with Crippen LogP contribution < -0.4 is 13.9 Å². The van der Waals surface area contributed by atoms with Gasteiger partial charge in [0.25, 0.3) is 5.69 Å². The number of aryl methyl sites for hydroxylation is 1. The third-order valence-electron chi connectivity index (χ3n) is 10.5. The van der Waals surface area contributed by atoms with E-state index in [9.17, 15) is 0 Å². The molecular formula is C51H44N4OPt+2. The largest absolute Gasteiger partial charge is 2.00 e. The summed E-state index contributed by atoms with van der Waals surface area (Å²) in [5.41, 5.74) is 9.24. The molecule has 6 aromatic carbocycles. The first-order valence-electron chi connectivity index (χ1n) is 20.5. The van der Waals surface area contributed by atoms with Crippen LogP contribution in [0.4, 0.5) is 22.7 Å². The molecule has 282 valence electrons.